The molecular weight excluding hydrogens is 240 g/mol. The maximum absolute atomic E-state index is 11.5. The van der Waals surface area contributed by atoms with Gasteiger partial charge >= 0.3 is 0 Å². The van der Waals surface area contributed by atoms with Crippen molar-refractivity contribution in [1.82, 2.24) is 10.6 Å². The number of hydrogen-bond donors (Lipinski definition) is 2. The maximum Gasteiger partial charge on any atom is 0.234 e. The highest BCUT2D eigenvalue weighted by atomic mass is 35.5. The third-order valence-electron chi connectivity index (χ3n) is 3.38. The van der Waals surface area contributed by atoms with Crippen LogP contribution in [0.2, 0.25) is 0 Å². The summed E-state index contributed by atoms with van der Waals surface area (Å²) >= 11 is 0. The van der Waals surface area contributed by atoms with Crippen LogP contribution in [0.25, 0.3) is 0 Å². The molecule has 0 radical (unpaired) electrons. The van der Waals surface area contributed by atoms with Gasteiger partial charge in [0.1, 0.15) is 0 Å². The fourth-order valence-electron chi connectivity index (χ4n) is 2.04. The van der Waals surface area contributed by atoms with Crippen LogP contribution in [0.5, 0.6) is 0 Å². The van der Waals surface area contributed by atoms with E-state index < -0.39 is 0 Å². The van der Waals surface area contributed by atoms with Crippen LogP contribution in [0.15, 0.2) is 0 Å². The molecule has 2 aliphatic rings. The Bertz CT molecular complexity index is 251. The van der Waals surface area contributed by atoms with E-state index in [0.717, 1.165) is 31.9 Å². The quantitative estimate of drug-likeness (QED) is 0.754. The van der Waals surface area contributed by atoms with E-state index in [1.54, 1.807) is 0 Å². The summed E-state index contributed by atoms with van der Waals surface area (Å²) in [4.78, 5) is 11.5. The summed E-state index contributed by atoms with van der Waals surface area (Å²) in [6.07, 6.45) is 4.79. The minimum absolute atomic E-state index is 0. The van der Waals surface area contributed by atoms with Crippen molar-refractivity contribution in [1.29, 1.82) is 0 Å². The number of rotatable bonds is 6. The van der Waals surface area contributed by atoms with Crippen LogP contribution >= 0.6 is 12.4 Å². The molecule has 1 aliphatic heterocycles. The first-order valence-corrected chi connectivity index (χ1v) is 6.29. The van der Waals surface area contributed by atoms with Gasteiger partial charge < -0.3 is 15.4 Å². The van der Waals surface area contributed by atoms with Gasteiger partial charge in [0.05, 0.1) is 12.1 Å². The minimum atomic E-state index is -0.133. The highest BCUT2D eigenvalue weighted by Gasteiger charge is 2.29. The molecule has 1 saturated carbocycles. The summed E-state index contributed by atoms with van der Waals surface area (Å²) in [7, 11) is 0. The smallest absolute Gasteiger partial charge is 0.234 e. The van der Waals surface area contributed by atoms with Crippen molar-refractivity contribution in [3.8, 4) is 0 Å². The molecule has 2 rings (SSSR count). The lowest BCUT2D eigenvalue weighted by molar-refractivity contribution is -0.121. The molecule has 0 aromatic rings. The average molecular weight is 263 g/mol. The normalized spacial score (nSPS) is 27.6. The van der Waals surface area contributed by atoms with Gasteiger partial charge in [0, 0.05) is 13.2 Å². The van der Waals surface area contributed by atoms with E-state index in [0.29, 0.717) is 13.1 Å². The van der Waals surface area contributed by atoms with Crippen LogP contribution < -0.4 is 10.6 Å². The topological polar surface area (TPSA) is 50.4 Å². The van der Waals surface area contributed by atoms with Gasteiger partial charge in [0.2, 0.25) is 5.91 Å². The van der Waals surface area contributed by atoms with Crippen molar-refractivity contribution in [2.45, 2.75) is 38.2 Å². The molecule has 1 saturated heterocycles. The number of ether oxygens (including phenoxy) is 1. The zero-order valence-corrected chi connectivity index (χ0v) is 11.3. The van der Waals surface area contributed by atoms with Gasteiger partial charge in [-0.3, -0.25) is 4.79 Å². The summed E-state index contributed by atoms with van der Waals surface area (Å²) < 4.78 is 5.61. The van der Waals surface area contributed by atoms with Gasteiger partial charge in [-0.15, -0.1) is 12.4 Å². The Morgan fingerprint density at radius 1 is 1.47 bits per heavy atom. The van der Waals surface area contributed by atoms with E-state index in [1.165, 1.54) is 12.8 Å². The molecule has 1 atom stereocenters. The fraction of sp³-hybridized carbons (Fsp3) is 0.917. The standard InChI is InChI=1S/C12H22N2O2.ClH/c1-12(5-2-6-16-12)9-14-11(15)8-13-7-10-3-4-10;/h10,13H,2-9H2,1H3,(H,14,15);1H. The first-order valence-electron chi connectivity index (χ1n) is 6.29. The van der Waals surface area contributed by atoms with Crippen LogP contribution in [0.1, 0.15) is 32.6 Å². The lowest BCUT2D eigenvalue weighted by Gasteiger charge is -2.23. The van der Waals surface area contributed by atoms with Crippen molar-refractivity contribution < 1.29 is 9.53 Å². The highest BCUT2D eigenvalue weighted by Crippen LogP contribution is 2.27. The number of amides is 1. The highest BCUT2D eigenvalue weighted by molar-refractivity contribution is 5.85. The second kappa shape index (κ2) is 6.57. The van der Waals surface area contributed by atoms with Crippen molar-refractivity contribution in [2.75, 3.05) is 26.2 Å². The zero-order valence-electron chi connectivity index (χ0n) is 10.5. The van der Waals surface area contributed by atoms with Gasteiger partial charge in [-0.25, -0.2) is 0 Å². The molecule has 1 amide bonds. The largest absolute Gasteiger partial charge is 0.373 e. The predicted octanol–water partition coefficient (Wildman–Crippen LogP) is 1.09. The second-order valence-electron chi connectivity index (χ2n) is 5.25. The molecule has 1 aliphatic carbocycles. The molecule has 0 aromatic heterocycles. The van der Waals surface area contributed by atoms with Gasteiger partial charge in [-0.05, 0) is 45.1 Å². The number of halogens is 1. The average Bonchev–Trinajstić information content (AvgIpc) is 2.98. The van der Waals surface area contributed by atoms with Gasteiger partial charge in [-0.2, -0.15) is 0 Å². The van der Waals surface area contributed by atoms with Crippen LogP contribution in [0.3, 0.4) is 0 Å². The Kier molecular flexibility index (Phi) is 5.70. The number of carbonyl (C=O) groups is 1. The zero-order chi connectivity index (χ0) is 11.4. The Labute approximate surface area is 109 Å². The summed E-state index contributed by atoms with van der Waals surface area (Å²) in [5.41, 5.74) is -0.133. The molecule has 2 fully saturated rings. The van der Waals surface area contributed by atoms with Crippen LogP contribution in [-0.4, -0.2) is 37.7 Å². The molecule has 0 bridgehead atoms. The van der Waals surface area contributed by atoms with Crippen molar-refractivity contribution in [3.63, 3.8) is 0 Å². The summed E-state index contributed by atoms with van der Waals surface area (Å²) in [6.45, 7) is 4.95. The van der Waals surface area contributed by atoms with Gasteiger partial charge in [0.15, 0.2) is 0 Å². The Morgan fingerprint density at radius 2 is 2.24 bits per heavy atom. The Balaban J connectivity index is 0.00000144. The molecule has 17 heavy (non-hydrogen) atoms. The second-order valence-corrected chi connectivity index (χ2v) is 5.25. The molecule has 100 valence electrons. The summed E-state index contributed by atoms with van der Waals surface area (Å²) in [5.74, 6) is 0.904. The first-order chi connectivity index (χ1) is 7.68. The molecule has 1 unspecified atom stereocenters. The summed E-state index contributed by atoms with van der Waals surface area (Å²) in [5, 5.41) is 6.11. The third kappa shape index (κ3) is 5.23. The van der Waals surface area contributed by atoms with Crippen molar-refractivity contribution in [3.05, 3.63) is 0 Å². The van der Waals surface area contributed by atoms with E-state index >= 15 is 0 Å². The van der Waals surface area contributed by atoms with Crippen LogP contribution in [0, 0.1) is 5.92 Å². The molecule has 0 aromatic carbocycles. The maximum atomic E-state index is 11.5. The lowest BCUT2D eigenvalue weighted by Crippen LogP contribution is -2.43. The first kappa shape index (κ1) is 14.7. The minimum Gasteiger partial charge on any atom is -0.373 e. The molecule has 0 spiro atoms. The third-order valence-corrected chi connectivity index (χ3v) is 3.38. The SMILES string of the molecule is CC1(CNC(=O)CNCC2CC2)CCCO1.Cl. The van der Waals surface area contributed by atoms with Gasteiger partial charge in [0.25, 0.3) is 0 Å². The lowest BCUT2D eigenvalue weighted by atomic mass is 10.0. The molecule has 4 nitrogen and oxygen atoms in total. The van der Waals surface area contributed by atoms with Crippen LogP contribution in [-0.2, 0) is 9.53 Å². The number of hydrogen-bond acceptors (Lipinski definition) is 3. The Morgan fingerprint density at radius 3 is 2.82 bits per heavy atom. The van der Waals surface area contributed by atoms with E-state index in [4.69, 9.17) is 4.74 Å². The molecule has 2 N–H and O–H groups in total. The van der Waals surface area contributed by atoms with Crippen molar-refractivity contribution >= 4 is 18.3 Å². The number of nitrogens with one attached hydrogen (secondary N) is 2. The fourth-order valence-corrected chi connectivity index (χ4v) is 2.04. The molecular formula is C12H23ClN2O2. The van der Waals surface area contributed by atoms with E-state index in [-0.39, 0.29) is 23.9 Å². The van der Waals surface area contributed by atoms with E-state index in [9.17, 15) is 4.79 Å². The van der Waals surface area contributed by atoms with Crippen molar-refractivity contribution in [2.24, 2.45) is 5.92 Å². The van der Waals surface area contributed by atoms with E-state index in [1.807, 2.05) is 0 Å². The number of carbonyl (C=O) groups excluding carboxylic acids is 1. The molecule has 1 heterocycles. The monoisotopic (exact) mass is 262 g/mol. The van der Waals surface area contributed by atoms with Crippen LogP contribution in [0.4, 0.5) is 0 Å². The Hall–Kier alpha value is -0.320. The molecule has 5 heteroatoms. The van der Waals surface area contributed by atoms with Gasteiger partial charge in [-0.1, -0.05) is 0 Å². The summed E-state index contributed by atoms with van der Waals surface area (Å²) in [6, 6.07) is 0. The van der Waals surface area contributed by atoms with E-state index in [2.05, 4.69) is 17.6 Å². The predicted molar refractivity (Wildman–Crippen MR) is 69.4 cm³/mol.